The van der Waals surface area contributed by atoms with E-state index in [-0.39, 0.29) is 28.2 Å². The largest absolute Gasteiger partial charge is 0.354 e. The molecule has 2 rings (SSSR count). The predicted octanol–water partition coefficient (Wildman–Crippen LogP) is 4.01. The van der Waals surface area contributed by atoms with Crippen LogP contribution in [0.5, 0.6) is 0 Å². The lowest BCUT2D eigenvalue weighted by Gasteiger charge is -2.31. The maximum absolute atomic E-state index is 13.4. The van der Waals surface area contributed by atoms with Gasteiger partial charge in [0.05, 0.1) is 22.0 Å². The van der Waals surface area contributed by atoms with Crippen LogP contribution in [0.3, 0.4) is 0 Å². The topological polar surface area (TPSA) is 86.8 Å². The molecule has 1 unspecified atom stereocenters. The molecule has 0 saturated carbocycles. The van der Waals surface area contributed by atoms with E-state index in [1.165, 1.54) is 17.0 Å². The summed E-state index contributed by atoms with van der Waals surface area (Å²) in [6, 6.07) is 11.3. The zero-order chi connectivity index (χ0) is 24.8. The quantitative estimate of drug-likeness (QED) is 0.519. The van der Waals surface area contributed by atoms with E-state index in [2.05, 4.69) is 5.32 Å². The maximum Gasteiger partial charge on any atom is 0.244 e. The molecule has 2 aromatic rings. The van der Waals surface area contributed by atoms with Crippen molar-refractivity contribution < 1.29 is 18.0 Å². The molecule has 0 fully saturated rings. The van der Waals surface area contributed by atoms with Crippen molar-refractivity contribution in [2.24, 2.45) is 0 Å². The zero-order valence-electron chi connectivity index (χ0n) is 19.1. The molecule has 0 spiro atoms. The number of nitrogens with one attached hydrogen (secondary N) is 1. The summed E-state index contributed by atoms with van der Waals surface area (Å²) >= 11 is 12.3. The third-order valence-corrected chi connectivity index (χ3v) is 7.00. The Kier molecular flexibility index (Phi) is 9.57. The second kappa shape index (κ2) is 11.7. The van der Waals surface area contributed by atoms with E-state index in [0.29, 0.717) is 6.54 Å². The minimum absolute atomic E-state index is 0.0243. The molecule has 10 heteroatoms. The number of benzene rings is 2. The Labute approximate surface area is 205 Å². The van der Waals surface area contributed by atoms with Gasteiger partial charge in [-0.2, -0.15) is 0 Å². The highest BCUT2D eigenvalue weighted by Gasteiger charge is 2.31. The van der Waals surface area contributed by atoms with Crippen LogP contribution in [0.25, 0.3) is 0 Å². The van der Waals surface area contributed by atoms with Gasteiger partial charge in [0, 0.05) is 13.1 Å². The fourth-order valence-corrected chi connectivity index (χ4v) is 4.45. The fraction of sp³-hybridized carbons (Fsp3) is 0.391. The van der Waals surface area contributed by atoms with Crippen molar-refractivity contribution in [3.05, 3.63) is 63.6 Å². The Morgan fingerprint density at radius 1 is 1.09 bits per heavy atom. The summed E-state index contributed by atoms with van der Waals surface area (Å²) in [6.45, 7) is 5.58. The van der Waals surface area contributed by atoms with Gasteiger partial charge in [-0.15, -0.1) is 0 Å². The lowest BCUT2D eigenvalue weighted by molar-refractivity contribution is -0.139. The van der Waals surface area contributed by atoms with Crippen LogP contribution in [-0.4, -0.2) is 50.5 Å². The molecule has 0 aliphatic carbocycles. The Hall–Kier alpha value is -2.29. The van der Waals surface area contributed by atoms with Gasteiger partial charge in [-0.05, 0) is 38.0 Å². The van der Waals surface area contributed by atoms with Crippen LogP contribution >= 0.6 is 23.2 Å². The summed E-state index contributed by atoms with van der Waals surface area (Å²) in [5.41, 5.74) is 1.97. The van der Waals surface area contributed by atoms with Gasteiger partial charge in [-0.3, -0.25) is 13.9 Å². The molecule has 0 radical (unpaired) electrons. The van der Waals surface area contributed by atoms with Crippen molar-refractivity contribution in [1.29, 1.82) is 0 Å². The van der Waals surface area contributed by atoms with Gasteiger partial charge in [0.15, 0.2) is 0 Å². The van der Waals surface area contributed by atoms with E-state index in [0.717, 1.165) is 28.1 Å². The van der Waals surface area contributed by atoms with Crippen LogP contribution in [0.4, 0.5) is 5.69 Å². The van der Waals surface area contributed by atoms with Crippen molar-refractivity contribution in [3.8, 4) is 0 Å². The molecule has 7 nitrogen and oxygen atoms in total. The molecule has 1 atom stereocenters. The van der Waals surface area contributed by atoms with Crippen molar-refractivity contribution in [2.75, 3.05) is 23.7 Å². The zero-order valence-corrected chi connectivity index (χ0v) is 21.5. The average Bonchev–Trinajstić information content (AvgIpc) is 2.76. The van der Waals surface area contributed by atoms with Crippen molar-refractivity contribution in [1.82, 2.24) is 10.2 Å². The van der Waals surface area contributed by atoms with Gasteiger partial charge in [-0.1, -0.05) is 66.0 Å². The lowest BCUT2D eigenvalue weighted by atomic mass is 10.1. The van der Waals surface area contributed by atoms with Crippen LogP contribution in [-0.2, 0) is 26.2 Å². The number of carbonyl (C=O) groups is 2. The summed E-state index contributed by atoms with van der Waals surface area (Å²) in [5.74, 6) is -0.861. The van der Waals surface area contributed by atoms with Gasteiger partial charge in [0.25, 0.3) is 0 Å². The molecule has 0 aromatic heterocycles. The minimum Gasteiger partial charge on any atom is -0.354 e. The third kappa shape index (κ3) is 7.35. The van der Waals surface area contributed by atoms with Crippen LogP contribution in [0.1, 0.15) is 31.4 Å². The number of aryl methyl sites for hydroxylation is 1. The molecule has 0 aliphatic heterocycles. The summed E-state index contributed by atoms with van der Waals surface area (Å²) < 4.78 is 26.0. The molecule has 0 bridgehead atoms. The van der Waals surface area contributed by atoms with E-state index in [4.69, 9.17) is 23.2 Å². The standard InChI is InChI=1S/C23H29Cl2N3O4S/c1-5-13-26-23(30)17(3)27(14-18-11-9-16(2)10-12-18)21(29)15-28(33(4,31)32)20-8-6-7-19(24)22(20)25/h6-12,17H,5,13-15H2,1-4H3,(H,26,30). The number of rotatable bonds is 10. The Morgan fingerprint density at radius 2 is 1.73 bits per heavy atom. The lowest BCUT2D eigenvalue weighted by Crippen LogP contribution is -2.51. The number of anilines is 1. The van der Waals surface area contributed by atoms with Crippen molar-refractivity contribution in [3.63, 3.8) is 0 Å². The fourth-order valence-electron chi connectivity index (χ4n) is 3.15. The summed E-state index contributed by atoms with van der Waals surface area (Å²) in [7, 11) is -3.88. The second-order valence-corrected chi connectivity index (χ2v) is 10.5. The van der Waals surface area contributed by atoms with Gasteiger partial charge in [0.1, 0.15) is 12.6 Å². The molecule has 0 heterocycles. The van der Waals surface area contributed by atoms with Crippen LogP contribution in [0.15, 0.2) is 42.5 Å². The molecular weight excluding hydrogens is 485 g/mol. The number of carbonyl (C=O) groups excluding carboxylic acids is 2. The SMILES string of the molecule is CCCNC(=O)C(C)N(Cc1ccc(C)cc1)C(=O)CN(c1cccc(Cl)c1Cl)S(C)(=O)=O. The highest BCUT2D eigenvalue weighted by atomic mass is 35.5. The van der Waals surface area contributed by atoms with Crippen LogP contribution in [0.2, 0.25) is 10.0 Å². The predicted molar refractivity (Wildman–Crippen MR) is 133 cm³/mol. The van der Waals surface area contributed by atoms with E-state index in [1.54, 1.807) is 13.0 Å². The highest BCUT2D eigenvalue weighted by Crippen LogP contribution is 2.33. The average molecular weight is 514 g/mol. The van der Waals surface area contributed by atoms with Gasteiger partial charge in [-0.25, -0.2) is 8.42 Å². The third-order valence-electron chi connectivity index (χ3n) is 5.07. The molecule has 33 heavy (non-hydrogen) atoms. The molecule has 0 saturated heterocycles. The Bertz CT molecular complexity index is 1090. The summed E-state index contributed by atoms with van der Waals surface area (Å²) in [4.78, 5) is 27.5. The molecule has 1 N–H and O–H groups in total. The normalized spacial score (nSPS) is 12.2. The second-order valence-electron chi connectivity index (χ2n) is 7.82. The first-order valence-corrected chi connectivity index (χ1v) is 13.1. The first-order valence-electron chi connectivity index (χ1n) is 10.5. The molecular formula is C23H29Cl2N3O4S. The number of hydrogen-bond acceptors (Lipinski definition) is 4. The van der Waals surface area contributed by atoms with Gasteiger partial charge >= 0.3 is 0 Å². The number of sulfonamides is 1. The number of nitrogens with zero attached hydrogens (tertiary/aromatic N) is 2. The first-order chi connectivity index (χ1) is 15.5. The maximum atomic E-state index is 13.4. The molecule has 0 aliphatic rings. The van der Waals surface area contributed by atoms with E-state index < -0.39 is 28.5 Å². The highest BCUT2D eigenvalue weighted by molar-refractivity contribution is 7.92. The smallest absolute Gasteiger partial charge is 0.244 e. The van der Waals surface area contributed by atoms with Crippen molar-refractivity contribution >= 4 is 50.7 Å². The molecule has 180 valence electrons. The number of hydrogen-bond donors (Lipinski definition) is 1. The Balaban J connectivity index is 2.40. The van der Waals surface area contributed by atoms with Gasteiger partial charge < -0.3 is 10.2 Å². The molecule has 2 amide bonds. The van der Waals surface area contributed by atoms with Gasteiger partial charge in [0.2, 0.25) is 21.8 Å². The van der Waals surface area contributed by atoms with E-state index >= 15 is 0 Å². The Morgan fingerprint density at radius 3 is 2.30 bits per heavy atom. The van der Waals surface area contributed by atoms with E-state index in [9.17, 15) is 18.0 Å². The van der Waals surface area contributed by atoms with E-state index in [1.807, 2.05) is 38.1 Å². The molecule has 2 aromatic carbocycles. The van der Waals surface area contributed by atoms with Crippen LogP contribution < -0.4 is 9.62 Å². The summed E-state index contributed by atoms with van der Waals surface area (Å²) in [5, 5.41) is 2.98. The number of amides is 2. The van der Waals surface area contributed by atoms with Crippen LogP contribution in [0, 0.1) is 6.92 Å². The monoisotopic (exact) mass is 513 g/mol. The minimum atomic E-state index is -3.88. The first kappa shape index (κ1) is 27.0. The van der Waals surface area contributed by atoms with Crippen molar-refractivity contribution in [2.45, 2.75) is 39.8 Å². The number of halogens is 2. The summed E-state index contributed by atoms with van der Waals surface area (Å²) in [6.07, 6.45) is 1.73.